The van der Waals surface area contributed by atoms with Crippen molar-refractivity contribution in [3.8, 4) is 6.26 Å². The average Bonchev–Trinajstić information content (AvgIpc) is 3.42. The van der Waals surface area contributed by atoms with E-state index in [4.69, 9.17) is 5.26 Å². The van der Waals surface area contributed by atoms with Crippen molar-refractivity contribution in [2.45, 2.75) is 31.0 Å². The van der Waals surface area contributed by atoms with E-state index < -0.39 is 17.7 Å². The molecule has 12 heteroatoms. The first-order valence-electron chi connectivity index (χ1n) is 10.9. The number of piperazine rings is 1. The van der Waals surface area contributed by atoms with Gasteiger partial charge in [0.05, 0.1) is 22.9 Å². The SMILES string of the molecule is N#COC(=O)c1cc2c(N3CCN(C(=O)Cc4ccc(C(F)(F)F)cc4)C4(CC4)C3)ncnc2[nH]1. The Morgan fingerprint density at radius 3 is 2.57 bits per heavy atom. The number of hydrogen-bond acceptors (Lipinski definition) is 7. The van der Waals surface area contributed by atoms with E-state index >= 15 is 0 Å². The van der Waals surface area contributed by atoms with Gasteiger partial charge in [-0.25, -0.2) is 14.8 Å². The number of anilines is 1. The number of ether oxygens (including phenoxy) is 1. The summed E-state index contributed by atoms with van der Waals surface area (Å²) in [6, 6.07) is 6.20. The number of nitrogens with one attached hydrogen (secondary N) is 1. The molecule has 0 bridgehead atoms. The molecule has 2 fully saturated rings. The van der Waals surface area contributed by atoms with Crippen LogP contribution in [0.4, 0.5) is 19.0 Å². The lowest BCUT2D eigenvalue weighted by molar-refractivity contribution is -0.137. The average molecular weight is 484 g/mol. The summed E-state index contributed by atoms with van der Waals surface area (Å²) in [7, 11) is 0. The Labute approximate surface area is 197 Å². The molecular weight excluding hydrogens is 465 g/mol. The van der Waals surface area contributed by atoms with Gasteiger partial charge in [0.15, 0.2) is 0 Å². The van der Waals surface area contributed by atoms with Crippen LogP contribution in [-0.4, -0.2) is 56.9 Å². The first-order valence-corrected chi connectivity index (χ1v) is 10.9. The molecule has 3 heterocycles. The first kappa shape index (κ1) is 22.6. The standard InChI is InChI=1S/C23H19F3N6O3/c24-23(25,26)15-3-1-14(2-4-15)9-18(33)32-8-7-31(11-22(32)5-6-22)20-16-10-17(21(34)35-12-27)30-19(16)28-13-29-20/h1-4,10,13H,5-9,11H2,(H,28,29,30). The van der Waals surface area contributed by atoms with Crippen LogP contribution in [0, 0.1) is 11.5 Å². The lowest BCUT2D eigenvalue weighted by Crippen LogP contribution is -2.57. The van der Waals surface area contributed by atoms with Gasteiger partial charge in [0.25, 0.3) is 6.26 Å². The maximum Gasteiger partial charge on any atom is 0.416 e. The number of fused-ring (bicyclic) bond motifs is 1. The number of rotatable bonds is 4. The molecule has 5 rings (SSSR count). The fourth-order valence-corrected chi connectivity index (χ4v) is 4.59. The Balaban J connectivity index is 1.32. The minimum absolute atomic E-state index is 0.0276. The molecule has 1 aliphatic heterocycles. The zero-order valence-electron chi connectivity index (χ0n) is 18.3. The number of aromatic amines is 1. The Kier molecular flexibility index (Phi) is 5.35. The van der Waals surface area contributed by atoms with E-state index in [-0.39, 0.29) is 23.6 Å². The van der Waals surface area contributed by atoms with Crippen molar-refractivity contribution in [3.05, 3.63) is 53.5 Å². The summed E-state index contributed by atoms with van der Waals surface area (Å²) in [6.45, 7) is 1.44. The normalized spacial score (nSPS) is 16.9. The van der Waals surface area contributed by atoms with Crippen molar-refractivity contribution >= 4 is 28.7 Å². The number of nitrogens with zero attached hydrogens (tertiary/aromatic N) is 5. The van der Waals surface area contributed by atoms with Gasteiger partial charge >= 0.3 is 12.1 Å². The highest BCUT2D eigenvalue weighted by molar-refractivity contribution is 5.97. The Bertz CT molecular complexity index is 1340. The van der Waals surface area contributed by atoms with E-state index in [0.29, 0.717) is 42.0 Å². The number of benzene rings is 1. The number of alkyl halides is 3. The van der Waals surface area contributed by atoms with Crippen LogP contribution >= 0.6 is 0 Å². The van der Waals surface area contributed by atoms with Crippen molar-refractivity contribution in [1.29, 1.82) is 5.26 Å². The maximum absolute atomic E-state index is 13.1. The van der Waals surface area contributed by atoms with Crippen LogP contribution in [-0.2, 0) is 22.1 Å². The van der Waals surface area contributed by atoms with E-state index in [9.17, 15) is 22.8 Å². The number of amides is 1. The fourth-order valence-electron chi connectivity index (χ4n) is 4.59. The molecule has 1 amide bonds. The summed E-state index contributed by atoms with van der Waals surface area (Å²) in [5, 5.41) is 9.18. The van der Waals surface area contributed by atoms with Gasteiger partial charge in [0.1, 0.15) is 23.5 Å². The van der Waals surface area contributed by atoms with Crippen molar-refractivity contribution in [2.75, 3.05) is 24.5 Å². The molecule has 0 atom stereocenters. The van der Waals surface area contributed by atoms with Crippen LogP contribution < -0.4 is 4.90 Å². The number of hydrogen-bond donors (Lipinski definition) is 1. The monoisotopic (exact) mass is 484 g/mol. The van der Waals surface area contributed by atoms with Gasteiger partial charge in [-0.15, -0.1) is 5.26 Å². The van der Waals surface area contributed by atoms with Gasteiger partial charge in [-0.2, -0.15) is 13.2 Å². The van der Waals surface area contributed by atoms with Crippen LogP contribution in [0.3, 0.4) is 0 Å². The molecule has 180 valence electrons. The fraction of sp³-hybridized carbons (Fsp3) is 0.348. The molecule has 35 heavy (non-hydrogen) atoms. The number of carbonyl (C=O) groups excluding carboxylic acids is 2. The topological polar surface area (TPSA) is 115 Å². The van der Waals surface area contributed by atoms with Gasteiger partial charge in [0.2, 0.25) is 5.91 Å². The van der Waals surface area contributed by atoms with Crippen LogP contribution in [0.5, 0.6) is 0 Å². The van der Waals surface area contributed by atoms with E-state index in [2.05, 4.69) is 19.7 Å². The van der Waals surface area contributed by atoms with Crippen molar-refractivity contribution < 1.29 is 27.5 Å². The number of carbonyl (C=O) groups is 2. The molecule has 1 aromatic carbocycles. The van der Waals surface area contributed by atoms with E-state index in [0.717, 1.165) is 25.0 Å². The zero-order valence-corrected chi connectivity index (χ0v) is 18.3. The second-order valence-corrected chi connectivity index (χ2v) is 8.69. The molecule has 1 spiro atoms. The van der Waals surface area contributed by atoms with E-state index in [1.165, 1.54) is 30.8 Å². The van der Waals surface area contributed by atoms with Crippen LogP contribution in [0.15, 0.2) is 36.7 Å². The second-order valence-electron chi connectivity index (χ2n) is 8.69. The number of halogens is 3. The molecular formula is C23H19F3N6O3. The number of aromatic nitrogens is 3. The van der Waals surface area contributed by atoms with Crippen LogP contribution in [0.25, 0.3) is 11.0 Å². The lowest BCUT2D eigenvalue weighted by Gasteiger charge is -2.43. The summed E-state index contributed by atoms with van der Waals surface area (Å²) in [4.78, 5) is 40.2. The summed E-state index contributed by atoms with van der Waals surface area (Å²) >= 11 is 0. The Hall–Kier alpha value is -4.14. The Morgan fingerprint density at radius 1 is 1.17 bits per heavy atom. The molecule has 2 aliphatic rings. The third kappa shape index (κ3) is 4.25. The first-order chi connectivity index (χ1) is 16.7. The molecule has 3 aromatic rings. The highest BCUT2D eigenvalue weighted by atomic mass is 19.4. The number of H-pyrrole nitrogens is 1. The molecule has 0 radical (unpaired) electrons. The highest BCUT2D eigenvalue weighted by Crippen LogP contribution is 2.45. The largest absolute Gasteiger partial charge is 0.416 e. The smallest absolute Gasteiger partial charge is 0.352 e. The van der Waals surface area contributed by atoms with E-state index in [1.807, 2.05) is 9.80 Å². The van der Waals surface area contributed by atoms with Gasteiger partial charge in [-0.3, -0.25) is 4.79 Å². The third-order valence-electron chi connectivity index (χ3n) is 6.48. The van der Waals surface area contributed by atoms with Crippen LogP contribution in [0.1, 0.15) is 34.5 Å². The van der Waals surface area contributed by atoms with Gasteiger partial charge in [-0.1, -0.05) is 12.1 Å². The zero-order chi connectivity index (χ0) is 24.8. The predicted molar refractivity (Wildman–Crippen MR) is 116 cm³/mol. The van der Waals surface area contributed by atoms with Gasteiger partial charge in [0, 0.05) is 19.6 Å². The second kappa shape index (κ2) is 8.26. The molecule has 0 unspecified atom stereocenters. The molecule has 1 saturated carbocycles. The van der Waals surface area contributed by atoms with Gasteiger partial charge in [-0.05, 0) is 36.6 Å². The molecule has 1 aliphatic carbocycles. The summed E-state index contributed by atoms with van der Waals surface area (Å²) in [6.07, 6.45) is -0.0555. The van der Waals surface area contributed by atoms with Crippen molar-refractivity contribution in [3.63, 3.8) is 0 Å². The number of nitriles is 1. The molecule has 1 saturated heterocycles. The highest BCUT2D eigenvalue weighted by Gasteiger charge is 2.53. The lowest BCUT2D eigenvalue weighted by atomic mass is 10.0. The molecule has 9 nitrogen and oxygen atoms in total. The molecule has 2 aromatic heterocycles. The minimum Gasteiger partial charge on any atom is -0.352 e. The number of esters is 1. The summed E-state index contributed by atoms with van der Waals surface area (Å²) in [5.41, 5.74) is -0.0775. The predicted octanol–water partition coefficient (Wildman–Crippen LogP) is 3.04. The minimum atomic E-state index is -4.42. The summed E-state index contributed by atoms with van der Waals surface area (Å²) < 4.78 is 42.8. The molecule has 1 N–H and O–H groups in total. The quantitative estimate of drug-likeness (QED) is 0.447. The van der Waals surface area contributed by atoms with Crippen molar-refractivity contribution in [1.82, 2.24) is 19.9 Å². The summed E-state index contributed by atoms with van der Waals surface area (Å²) in [5.74, 6) is -0.352. The van der Waals surface area contributed by atoms with E-state index in [1.54, 1.807) is 0 Å². The van der Waals surface area contributed by atoms with Gasteiger partial charge < -0.3 is 19.5 Å². The third-order valence-corrected chi connectivity index (χ3v) is 6.48. The maximum atomic E-state index is 13.1. The van der Waals surface area contributed by atoms with Crippen LogP contribution in [0.2, 0.25) is 0 Å². The van der Waals surface area contributed by atoms with Crippen molar-refractivity contribution in [2.24, 2.45) is 0 Å². The Morgan fingerprint density at radius 2 is 1.91 bits per heavy atom.